The number of benzene rings is 1. The zero-order chi connectivity index (χ0) is 27.5. The van der Waals surface area contributed by atoms with Gasteiger partial charge in [-0.1, -0.05) is 14.4 Å². The van der Waals surface area contributed by atoms with Crippen LogP contribution >= 0.6 is 0 Å². The number of nitrogens with two attached hydrogens (primary N) is 1. The number of aromatic nitrogens is 2. The van der Waals surface area contributed by atoms with E-state index in [4.69, 9.17) is 25.6 Å². The first-order valence-corrected chi connectivity index (χ1v) is 13.4. The molecule has 0 spiro atoms. The van der Waals surface area contributed by atoms with Crippen molar-refractivity contribution >= 4 is 17.4 Å². The van der Waals surface area contributed by atoms with Gasteiger partial charge in [-0.25, -0.2) is 15.4 Å². The summed E-state index contributed by atoms with van der Waals surface area (Å²) in [5.74, 6) is 1.99. The van der Waals surface area contributed by atoms with Crippen molar-refractivity contribution in [3.05, 3.63) is 48.7 Å². The molecule has 39 heavy (non-hydrogen) atoms. The Morgan fingerprint density at radius 3 is 2.41 bits per heavy atom. The van der Waals surface area contributed by atoms with Gasteiger partial charge in [0, 0.05) is 85.1 Å². The lowest BCUT2D eigenvalue weighted by molar-refractivity contribution is -0.130. The number of amides is 1. The van der Waals surface area contributed by atoms with Crippen LogP contribution in [-0.4, -0.2) is 82.9 Å². The molecule has 0 saturated carbocycles. The quantitative estimate of drug-likeness (QED) is 0.295. The highest BCUT2D eigenvalue weighted by Crippen LogP contribution is 2.35. The van der Waals surface area contributed by atoms with Gasteiger partial charge in [0.05, 0.1) is 12.3 Å². The van der Waals surface area contributed by atoms with E-state index in [1.54, 1.807) is 6.92 Å². The molecule has 10 heteroatoms. The molecule has 2 aromatic rings. The highest BCUT2D eigenvalue weighted by atomic mass is 16.5. The third kappa shape index (κ3) is 8.47. The average Bonchev–Trinajstić information content (AvgIpc) is 3.20. The Labute approximate surface area is 236 Å². The Morgan fingerprint density at radius 2 is 1.79 bits per heavy atom. The molecule has 5 rings (SSSR count). The summed E-state index contributed by atoms with van der Waals surface area (Å²) in [6.07, 6.45) is 3.03. The normalized spacial score (nSPS) is 17.5. The molecule has 0 atom stereocenters. The van der Waals surface area contributed by atoms with Gasteiger partial charge in [0.15, 0.2) is 5.82 Å². The molecule has 0 unspecified atom stereocenters. The second kappa shape index (κ2) is 16.1. The Morgan fingerprint density at radius 1 is 1.13 bits per heavy atom. The van der Waals surface area contributed by atoms with Crippen LogP contribution < -0.4 is 16.1 Å². The summed E-state index contributed by atoms with van der Waals surface area (Å²) in [5, 5.41) is 7.62. The molecule has 1 aromatic carbocycles. The van der Waals surface area contributed by atoms with E-state index < -0.39 is 0 Å². The van der Waals surface area contributed by atoms with Crippen LogP contribution in [0, 0.1) is 0 Å². The molecule has 2 fully saturated rings. The first-order chi connectivity index (χ1) is 18.5. The second-order valence-electron chi connectivity index (χ2n) is 9.52. The average molecular weight is 546 g/mol. The zero-order valence-electron chi connectivity index (χ0n) is 22.9. The number of carbonyl (C=O) groups is 1. The molecule has 1 amide bonds. The zero-order valence-corrected chi connectivity index (χ0v) is 22.9. The minimum Gasteiger partial charge on any atom is -0.399 e. The number of nitrogens with one attached hydrogen (secondary N) is 1. The number of likely N-dealkylation sites (tertiary alicyclic amines) is 1. The number of nitrogen functional groups attached to an aromatic ring is 1. The molecule has 2 saturated heterocycles. The van der Waals surface area contributed by atoms with Gasteiger partial charge in [-0.15, -0.1) is 13.2 Å². The Balaban J connectivity index is 0.00000164. The molecule has 220 valence electrons. The van der Waals surface area contributed by atoms with Crippen LogP contribution in [-0.2, 0) is 22.6 Å². The van der Waals surface area contributed by atoms with Crippen LogP contribution in [0.2, 0.25) is 0 Å². The van der Waals surface area contributed by atoms with E-state index in [9.17, 15) is 4.79 Å². The minimum absolute atomic E-state index is 0. The number of hydrogen-bond acceptors (Lipinski definition) is 9. The van der Waals surface area contributed by atoms with E-state index in [1.165, 1.54) is 5.56 Å². The Bertz CT molecular complexity index is 1030. The van der Waals surface area contributed by atoms with Gasteiger partial charge >= 0.3 is 0 Å². The number of fused-ring (bicyclic) bond motifs is 1. The Kier molecular flexibility index (Phi) is 13.3. The lowest BCUT2D eigenvalue weighted by Crippen LogP contribution is -2.44. The van der Waals surface area contributed by atoms with Crippen LogP contribution in [0.4, 0.5) is 11.5 Å². The summed E-state index contributed by atoms with van der Waals surface area (Å²) in [6, 6.07) is 8.27. The number of piperidine rings is 1. The van der Waals surface area contributed by atoms with Gasteiger partial charge in [0.1, 0.15) is 5.82 Å². The standard InChI is InChI=1S/C24H32N6O2.C2H7NO.C2H4.CH4.2H2/c1-17(31)28-10-7-20(8-11-28)30-15-21-22(16-30)26-23(18-3-5-19(25)6-4-18)27-24(21)29-9-2-13-32-14-12-29;1-2-3-4;1-2;;;/h3-6,20H,2,7-16,25H2,1H3;3-4H,2H2,1H3;1-2H2;1H4;2*1H. The predicted octanol–water partition coefficient (Wildman–Crippen LogP) is 4.19. The number of ether oxygens (including phenoxy) is 1. The number of rotatable bonds is 4. The highest BCUT2D eigenvalue weighted by Gasteiger charge is 2.34. The van der Waals surface area contributed by atoms with Crippen molar-refractivity contribution in [2.45, 2.75) is 59.7 Å². The fourth-order valence-corrected chi connectivity index (χ4v) is 5.05. The van der Waals surface area contributed by atoms with Crippen molar-refractivity contribution in [3.8, 4) is 11.4 Å². The number of anilines is 2. The fraction of sp³-hybridized carbons (Fsp3) is 0.552. The lowest BCUT2D eigenvalue weighted by Gasteiger charge is -2.36. The van der Waals surface area contributed by atoms with Crippen molar-refractivity contribution in [1.82, 2.24) is 25.2 Å². The second-order valence-corrected chi connectivity index (χ2v) is 9.52. The first kappa shape index (κ1) is 32.2. The number of hydrogen-bond donors (Lipinski definition) is 3. The molecular weight excluding hydrogens is 494 g/mol. The van der Waals surface area contributed by atoms with Crippen molar-refractivity contribution in [1.29, 1.82) is 0 Å². The van der Waals surface area contributed by atoms with Crippen LogP contribution in [0.1, 0.15) is 54.6 Å². The maximum absolute atomic E-state index is 11.7. The Hall–Kier alpha value is -3.05. The van der Waals surface area contributed by atoms with Gasteiger partial charge in [-0.3, -0.25) is 9.69 Å². The van der Waals surface area contributed by atoms with Gasteiger partial charge in [-0.05, 0) is 43.5 Å². The van der Waals surface area contributed by atoms with E-state index in [1.807, 2.05) is 41.6 Å². The van der Waals surface area contributed by atoms with Gasteiger partial charge in [0.25, 0.3) is 0 Å². The maximum atomic E-state index is 11.7. The summed E-state index contributed by atoms with van der Waals surface area (Å²) < 4.78 is 5.70. The monoisotopic (exact) mass is 545 g/mol. The van der Waals surface area contributed by atoms with Crippen molar-refractivity contribution in [2.24, 2.45) is 0 Å². The minimum atomic E-state index is 0. The largest absolute Gasteiger partial charge is 0.399 e. The summed E-state index contributed by atoms with van der Waals surface area (Å²) in [6.45, 7) is 16.8. The molecule has 3 aliphatic heterocycles. The fourth-order valence-electron chi connectivity index (χ4n) is 5.05. The summed E-state index contributed by atoms with van der Waals surface area (Å²) in [5.41, 5.74) is 11.9. The van der Waals surface area contributed by atoms with Gasteiger partial charge in [-0.2, -0.15) is 0 Å². The molecular formula is C29H51N7O3. The van der Waals surface area contributed by atoms with E-state index in [0.717, 1.165) is 100 Å². The summed E-state index contributed by atoms with van der Waals surface area (Å²) in [7, 11) is 0. The summed E-state index contributed by atoms with van der Waals surface area (Å²) >= 11 is 0. The topological polar surface area (TPSA) is 120 Å². The third-order valence-electron chi connectivity index (χ3n) is 7.06. The van der Waals surface area contributed by atoms with E-state index >= 15 is 0 Å². The molecule has 10 nitrogen and oxygen atoms in total. The molecule has 1 aromatic heterocycles. The smallest absolute Gasteiger partial charge is 0.219 e. The SMILES string of the molecule is C.C=C.CC(=O)N1CCC(N2Cc3nc(-c4ccc(N)cc4)nc(N4CCCOCC4)c3C2)CC1.CCNO.[HH].[HH]. The first-order valence-electron chi connectivity index (χ1n) is 13.4. The van der Waals surface area contributed by atoms with Crippen molar-refractivity contribution in [2.75, 3.05) is 56.6 Å². The molecule has 0 radical (unpaired) electrons. The third-order valence-corrected chi connectivity index (χ3v) is 7.06. The van der Waals surface area contributed by atoms with Crippen LogP contribution in [0.3, 0.4) is 0 Å². The maximum Gasteiger partial charge on any atom is 0.219 e. The summed E-state index contributed by atoms with van der Waals surface area (Å²) in [4.78, 5) is 28.6. The molecule has 0 bridgehead atoms. The van der Waals surface area contributed by atoms with E-state index in [0.29, 0.717) is 12.6 Å². The number of nitrogens with zero attached hydrogens (tertiary/aromatic N) is 5. The molecule has 0 aliphatic carbocycles. The highest BCUT2D eigenvalue weighted by molar-refractivity contribution is 5.73. The van der Waals surface area contributed by atoms with Crippen LogP contribution in [0.5, 0.6) is 0 Å². The van der Waals surface area contributed by atoms with Crippen molar-refractivity contribution in [3.63, 3.8) is 0 Å². The van der Waals surface area contributed by atoms with E-state index in [2.05, 4.69) is 23.0 Å². The van der Waals surface area contributed by atoms with E-state index in [-0.39, 0.29) is 16.2 Å². The number of hydroxylamine groups is 1. The van der Waals surface area contributed by atoms with Crippen LogP contribution in [0.25, 0.3) is 11.4 Å². The predicted molar refractivity (Wildman–Crippen MR) is 162 cm³/mol. The van der Waals surface area contributed by atoms with Crippen LogP contribution in [0.15, 0.2) is 37.4 Å². The number of carbonyl (C=O) groups excluding carboxylic acids is 1. The molecule has 4 N–H and O–H groups in total. The molecule has 3 aliphatic rings. The lowest BCUT2D eigenvalue weighted by atomic mass is 10.0. The van der Waals surface area contributed by atoms with Gasteiger partial charge in [0.2, 0.25) is 5.91 Å². The molecule has 4 heterocycles. The van der Waals surface area contributed by atoms with Gasteiger partial charge < -0.3 is 25.5 Å². The van der Waals surface area contributed by atoms with Crippen molar-refractivity contribution < 1.29 is 17.6 Å².